The van der Waals surface area contributed by atoms with E-state index in [1.54, 1.807) is 31.3 Å². The van der Waals surface area contributed by atoms with Gasteiger partial charge in [0, 0.05) is 64.5 Å². The van der Waals surface area contributed by atoms with Crippen molar-refractivity contribution in [3.8, 4) is 5.75 Å². The largest absolute Gasteiger partial charge is 0.495 e. The van der Waals surface area contributed by atoms with Gasteiger partial charge in [-0.15, -0.1) is 0 Å². The first-order valence-electron chi connectivity index (χ1n) is 14.0. The molecule has 1 atom stereocenters. The van der Waals surface area contributed by atoms with Crippen LogP contribution in [0, 0.1) is 0 Å². The lowest BCUT2D eigenvalue weighted by atomic mass is 10.0. The molecular weight excluding hydrogens is 496 g/mol. The number of ether oxygens (including phenoxy) is 1. The maximum Gasteiger partial charge on any atom is 0.253 e. The number of piperidine rings is 1. The van der Waals surface area contributed by atoms with Crippen LogP contribution in [0.15, 0.2) is 24.4 Å². The molecule has 0 aliphatic carbocycles. The number of rotatable bonds is 5. The summed E-state index contributed by atoms with van der Waals surface area (Å²) in [5.41, 5.74) is 2.01. The van der Waals surface area contributed by atoms with E-state index in [0.29, 0.717) is 34.7 Å². The molecular formula is C28H38N8O3. The molecule has 1 aromatic heterocycles. The molecule has 0 bridgehead atoms. The van der Waals surface area contributed by atoms with Gasteiger partial charge in [-0.1, -0.05) is 0 Å². The summed E-state index contributed by atoms with van der Waals surface area (Å²) in [4.78, 5) is 45.9. The Morgan fingerprint density at radius 1 is 1.03 bits per heavy atom. The Kier molecular flexibility index (Phi) is 7.03. The number of anilines is 4. The summed E-state index contributed by atoms with van der Waals surface area (Å²) in [6.07, 6.45) is 5.52. The molecule has 0 unspecified atom stereocenters. The van der Waals surface area contributed by atoms with Gasteiger partial charge in [0.15, 0.2) is 5.82 Å². The number of benzene rings is 1. The number of hydrogen-bond donors (Lipinski definition) is 1. The zero-order chi connectivity index (χ0) is 27.1. The first-order valence-corrected chi connectivity index (χ1v) is 14.0. The molecule has 3 fully saturated rings. The highest BCUT2D eigenvalue weighted by Crippen LogP contribution is 2.38. The van der Waals surface area contributed by atoms with Crippen LogP contribution in [-0.2, 0) is 4.79 Å². The zero-order valence-electron chi connectivity index (χ0n) is 23.1. The Bertz CT molecular complexity index is 1240. The Hall–Kier alpha value is -3.44. The summed E-state index contributed by atoms with van der Waals surface area (Å²) in [7, 11) is 5.55. The average molecular weight is 535 g/mol. The SMILES string of the molecule is COc1cc(C(=O)N2CCC(N3CCN(C)CC3)CC2)ccc1Nc1ncc2c(n1)N1CCC[C@@H]1C(=O)N2C. The van der Waals surface area contributed by atoms with Crippen molar-refractivity contribution in [2.45, 2.75) is 37.8 Å². The normalized spacial score (nSPS) is 22.6. The van der Waals surface area contributed by atoms with Gasteiger partial charge in [-0.05, 0) is 50.9 Å². The molecule has 6 rings (SSSR count). The van der Waals surface area contributed by atoms with E-state index in [2.05, 4.69) is 32.0 Å². The number of piperazine rings is 1. The third-order valence-electron chi connectivity index (χ3n) is 8.75. The lowest BCUT2D eigenvalue weighted by Gasteiger charge is -2.42. The minimum Gasteiger partial charge on any atom is -0.495 e. The lowest BCUT2D eigenvalue weighted by molar-refractivity contribution is -0.119. The van der Waals surface area contributed by atoms with Gasteiger partial charge >= 0.3 is 0 Å². The molecule has 11 heteroatoms. The zero-order valence-corrected chi connectivity index (χ0v) is 23.1. The van der Waals surface area contributed by atoms with E-state index in [9.17, 15) is 9.59 Å². The predicted octanol–water partition coefficient (Wildman–Crippen LogP) is 2.03. The molecule has 4 aliphatic rings. The third-order valence-corrected chi connectivity index (χ3v) is 8.75. The number of likely N-dealkylation sites (tertiary alicyclic amines) is 1. The van der Waals surface area contributed by atoms with Gasteiger partial charge in [-0.25, -0.2) is 4.98 Å². The van der Waals surface area contributed by atoms with Gasteiger partial charge < -0.3 is 29.7 Å². The number of aromatic nitrogens is 2. The van der Waals surface area contributed by atoms with Crippen molar-refractivity contribution in [1.82, 2.24) is 24.7 Å². The summed E-state index contributed by atoms with van der Waals surface area (Å²) < 4.78 is 5.65. The summed E-state index contributed by atoms with van der Waals surface area (Å²) in [5.74, 6) is 1.87. The molecule has 0 radical (unpaired) electrons. The van der Waals surface area contributed by atoms with E-state index in [0.717, 1.165) is 77.3 Å². The Balaban J connectivity index is 1.13. The fourth-order valence-corrected chi connectivity index (χ4v) is 6.35. The highest BCUT2D eigenvalue weighted by Gasteiger charge is 2.40. The topological polar surface area (TPSA) is 97.4 Å². The summed E-state index contributed by atoms with van der Waals surface area (Å²) in [6, 6.07) is 5.88. The summed E-state index contributed by atoms with van der Waals surface area (Å²) in [6.45, 7) is 6.81. The molecule has 1 N–H and O–H groups in total. The van der Waals surface area contributed by atoms with Crippen molar-refractivity contribution >= 4 is 35.0 Å². The molecule has 2 amide bonds. The van der Waals surface area contributed by atoms with Gasteiger partial charge in [-0.2, -0.15) is 4.98 Å². The number of carbonyl (C=O) groups is 2. The van der Waals surface area contributed by atoms with E-state index < -0.39 is 0 Å². The second-order valence-corrected chi connectivity index (χ2v) is 11.1. The van der Waals surface area contributed by atoms with Gasteiger partial charge in [0.25, 0.3) is 5.91 Å². The highest BCUT2D eigenvalue weighted by molar-refractivity contribution is 6.04. The van der Waals surface area contributed by atoms with Gasteiger partial charge in [-0.3, -0.25) is 14.5 Å². The number of fused-ring (bicyclic) bond motifs is 3. The van der Waals surface area contributed by atoms with Crippen molar-refractivity contribution in [3.05, 3.63) is 30.0 Å². The minimum absolute atomic E-state index is 0.0366. The number of nitrogens with zero attached hydrogens (tertiary/aromatic N) is 7. The lowest BCUT2D eigenvalue weighted by Crippen LogP contribution is -2.52. The van der Waals surface area contributed by atoms with Gasteiger partial charge in [0.05, 0.1) is 19.0 Å². The number of carbonyl (C=O) groups excluding carboxylic acids is 2. The molecule has 11 nitrogen and oxygen atoms in total. The van der Waals surface area contributed by atoms with Gasteiger partial charge in [0.2, 0.25) is 11.9 Å². The molecule has 39 heavy (non-hydrogen) atoms. The Morgan fingerprint density at radius 2 is 1.79 bits per heavy atom. The van der Waals surface area contributed by atoms with Crippen LogP contribution in [0.1, 0.15) is 36.0 Å². The first kappa shape index (κ1) is 25.8. The third kappa shape index (κ3) is 4.89. The molecule has 0 spiro atoms. The monoisotopic (exact) mass is 534 g/mol. The maximum absolute atomic E-state index is 13.4. The molecule has 1 aromatic carbocycles. The van der Waals surface area contributed by atoms with E-state index in [-0.39, 0.29) is 17.9 Å². The quantitative estimate of drug-likeness (QED) is 0.618. The second-order valence-electron chi connectivity index (χ2n) is 11.1. The number of hydrogen-bond acceptors (Lipinski definition) is 9. The fourth-order valence-electron chi connectivity index (χ4n) is 6.35. The molecule has 0 saturated carbocycles. The molecule has 4 aliphatic heterocycles. The Labute approximate surface area is 229 Å². The first-order chi connectivity index (χ1) is 18.9. The summed E-state index contributed by atoms with van der Waals surface area (Å²) >= 11 is 0. The van der Waals surface area contributed by atoms with Crippen LogP contribution in [0.4, 0.5) is 23.1 Å². The minimum atomic E-state index is -0.156. The smallest absolute Gasteiger partial charge is 0.253 e. The second kappa shape index (κ2) is 10.6. The van der Waals surface area contributed by atoms with E-state index in [4.69, 9.17) is 9.72 Å². The van der Waals surface area contributed by atoms with Gasteiger partial charge in [0.1, 0.15) is 17.5 Å². The molecule has 2 aromatic rings. The number of nitrogens with one attached hydrogen (secondary N) is 1. The van der Waals surface area contributed by atoms with Crippen molar-refractivity contribution in [3.63, 3.8) is 0 Å². The Morgan fingerprint density at radius 3 is 2.54 bits per heavy atom. The van der Waals surface area contributed by atoms with Crippen LogP contribution >= 0.6 is 0 Å². The van der Waals surface area contributed by atoms with Crippen molar-refractivity contribution in [2.75, 3.05) is 82.1 Å². The standard InChI is InChI=1S/C28H38N8O3/c1-32-13-15-34(16-14-32)20-8-11-35(12-9-20)26(37)19-6-7-21(24(17-19)39-3)30-28-29-18-23-25(31-28)36-10-4-5-22(36)27(38)33(23)2/h6-7,17-18,20,22H,4-5,8-16H2,1-3H3,(H,29,30,31)/t22-/m1/s1. The maximum atomic E-state index is 13.4. The number of methoxy groups -OCH3 is 1. The molecule has 208 valence electrons. The van der Waals surface area contributed by atoms with Crippen LogP contribution in [0.5, 0.6) is 5.75 Å². The van der Waals surface area contributed by atoms with Crippen LogP contribution in [0.2, 0.25) is 0 Å². The number of amides is 2. The molecule has 5 heterocycles. The van der Waals surface area contributed by atoms with E-state index in [1.807, 2.05) is 17.0 Å². The fraction of sp³-hybridized carbons (Fsp3) is 0.571. The van der Waals surface area contributed by atoms with Crippen LogP contribution in [0.3, 0.4) is 0 Å². The number of likely N-dealkylation sites (N-methyl/N-ethyl adjacent to an activating group) is 2. The van der Waals surface area contributed by atoms with Crippen LogP contribution in [0.25, 0.3) is 0 Å². The molecule has 3 saturated heterocycles. The predicted molar refractivity (Wildman–Crippen MR) is 150 cm³/mol. The van der Waals surface area contributed by atoms with Crippen molar-refractivity contribution in [2.24, 2.45) is 0 Å². The van der Waals surface area contributed by atoms with Crippen molar-refractivity contribution in [1.29, 1.82) is 0 Å². The van der Waals surface area contributed by atoms with E-state index in [1.165, 1.54) is 0 Å². The summed E-state index contributed by atoms with van der Waals surface area (Å²) in [5, 5.41) is 3.26. The van der Waals surface area contributed by atoms with Crippen molar-refractivity contribution < 1.29 is 14.3 Å². The van der Waals surface area contributed by atoms with Crippen LogP contribution in [-0.4, -0.2) is 116 Å². The average Bonchev–Trinajstić information content (AvgIpc) is 3.47. The van der Waals surface area contributed by atoms with Crippen LogP contribution < -0.4 is 19.9 Å². The van der Waals surface area contributed by atoms with E-state index >= 15 is 0 Å². The highest BCUT2D eigenvalue weighted by atomic mass is 16.5.